The zero-order chi connectivity index (χ0) is 14.4. The molecule has 5 heteroatoms. The molecule has 0 heterocycles. The summed E-state index contributed by atoms with van der Waals surface area (Å²) >= 11 is 0. The predicted molar refractivity (Wildman–Crippen MR) is 70.2 cm³/mol. The second-order valence-corrected chi connectivity index (χ2v) is 4.11. The molecule has 0 amide bonds. The summed E-state index contributed by atoms with van der Waals surface area (Å²) in [5.41, 5.74) is 1.27. The number of rotatable bonds is 5. The van der Waals surface area contributed by atoms with Crippen LogP contribution in [0.25, 0.3) is 0 Å². The Bertz CT molecular complexity index is 582. The number of alkyl halides is 2. The van der Waals surface area contributed by atoms with E-state index in [9.17, 15) is 13.2 Å². The molecule has 0 radical (unpaired) electrons. The van der Waals surface area contributed by atoms with Crippen LogP contribution in [-0.4, -0.2) is 6.21 Å². The normalized spacial score (nSPS) is 11.2. The van der Waals surface area contributed by atoms with E-state index >= 15 is 0 Å². The van der Waals surface area contributed by atoms with Gasteiger partial charge in [-0.2, -0.15) is 0 Å². The van der Waals surface area contributed by atoms with Gasteiger partial charge in [0.1, 0.15) is 12.4 Å². The Morgan fingerprint density at radius 1 is 1.10 bits per heavy atom. The zero-order valence-electron chi connectivity index (χ0n) is 10.5. The maximum Gasteiger partial charge on any atom is 0.263 e. The number of benzene rings is 2. The van der Waals surface area contributed by atoms with Crippen molar-refractivity contribution < 1.29 is 18.0 Å². The van der Waals surface area contributed by atoms with Gasteiger partial charge in [-0.3, -0.25) is 0 Å². The van der Waals surface area contributed by atoms with Gasteiger partial charge in [0, 0.05) is 5.56 Å². The average Bonchev–Trinajstić information content (AvgIpc) is 2.44. The van der Waals surface area contributed by atoms with Gasteiger partial charge < -0.3 is 4.84 Å². The molecule has 2 rings (SSSR count). The largest absolute Gasteiger partial charge is 0.391 e. The molecule has 0 aromatic heterocycles. The Labute approximate surface area is 114 Å². The minimum absolute atomic E-state index is 0.0390. The van der Waals surface area contributed by atoms with Crippen molar-refractivity contribution in [2.45, 2.75) is 13.0 Å². The van der Waals surface area contributed by atoms with Crippen LogP contribution in [0, 0.1) is 5.82 Å². The van der Waals surface area contributed by atoms with Crippen LogP contribution in [0.15, 0.2) is 53.7 Å². The zero-order valence-corrected chi connectivity index (χ0v) is 10.5. The van der Waals surface area contributed by atoms with Gasteiger partial charge >= 0.3 is 0 Å². The minimum Gasteiger partial charge on any atom is -0.391 e. The molecule has 0 saturated heterocycles. The molecule has 2 aromatic rings. The smallest absolute Gasteiger partial charge is 0.263 e. The summed E-state index contributed by atoms with van der Waals surface area (Å²) in [6.45, 7) is 0.142. The van der Waals surface area contributed by atoms with Crippen molar-refractivity contribution in [1.82, 2.24) is 0 Å². The van der Waals surface area contributed by atoms with Crippen LogP contribution in [0.1, 0.15) is 23.1 Å². The van der Waals surface area contributed by atoms with Gasteiger partial charge in [-0.05, 0) is 23.3 Å². The maximum atomic E-state index is 12.9. The Hall–Kier alpha value is -2.30. The Kier molecular flexibility index (Phi) is 4.76. The minimum atomic E-state index is -2.48. The number of hydrogen-bond donors (Lipinski definition) is 0. The molecule has 20 heavy (non-hydrogen) atoms. The van der Waals surface area contributed by atoms with E-state index in [1.54, 1.807) is 12.1 Å². The molecule has 0 aliphatic carbocycles. The molecule has 0 unspecified atom stereocenters. The first-order valence-corrected chi connectivity index (χ1v) is 5.93. The lowest BCUT2D eigenvalue weighted by Crippen LogP contribution is -1.90. The molecule has 104 valence electrons. The van der Waals surface area contributed by atoms with Crippen molar-refractivity contribution in [1.29, 1.82) is 0 Å². The van der Waals surface area contributed by atoms with Crippen molar-refractivity contribution in [3.8, 4) is 0 Å². The van der Waals surface area contributed by atoms with Gasteiger partial charge in [-0.1, -0.05) is 41.6 Å². The van der Waals surface area contributed by atoms with Gasteiger partial charge in [-0.25, -0.2) is 13.2 Å². The molecule has 2 nitrogen and oxygen atoms in total. The van der Waals surface area contributed by atoms with E-state index in [0.717, 1.165) is 0 Å². The third kappa shape index (κ3) is 4.12. The summed E-state index contributed by atoms with van der Waals surface area (Å²) in [4.78, 5) is 5.01. The summed E-state index contributed by atoms with van der Waals surface area (Å²) in [7, 11) is 0. The third-order valence-electron chi connectivity index (χ3n) is 2.58. The fourth-order valence-corrected chi connectivity index (χ4v) is 1.56. The van der Waals surface area contributed by atoms with E-state index < -0.39 is 6.43 Å². The molecule has 2 aromatic carbocycles. The van der Waals surface area contributed by atoms with Crippen molar-refractivity contribution in [2.75, 3.05) is 0 Å². The van der Waals surface area contributed by atoms with Crippen LogP contribution >= 0.6 is 0 Å². The summed E-state index contributed by atoms with van der Waals surface area (Å²) in [6.07, 6.45) is -1.07. The van der Waals surface area contributed by atoms with Gasteiger partial charge in [-0.15, -0.1) is 0 Å². The highest BCUT2D eigenvalue weighted by molar-refractivity contribution is 5.79. The second kappa shape index (κ2) is 6.75. The predicted octanol–water partition coefficient (Wildman–Crippen LogP) is 4.31. The first kappa shape index (κ1) is 14.1. The highest BCUT2D eigenvalue weighted by atomic mass is 19.3. The van der Waals surface area contributed by atoms with Crippen LogP contribution in [0.3, 0.4) is 0 Å². The first-order chi connectivity index (χ1) is 9.65. The van der Waals surface area contributed by atoms with Crippen LogP contribution in [0.2, 0.25) is 0 Å². The molecule has 0 aliphatic rings. The van der Waals surface area contributed by atoms with Crippen molar-refractivity contribution >= 4 is 6.21 Å². The summed E-state index contributed by atoms with van der Waals surface area (Å²) in [5.74, 6) is -0.335. The molecule has 0 atom stereocenters. The van der Waals surface area contributed by atoms with E-state index in [4.69, 9.17) is 4.84 Å². The van der Waals surface area contributed by atoms with Gasteiger partial charge in [0.05, 0.1) is 6.21 Å². The van der Waals surface area contributed by atoms with Gasteiger partial charge in [0.2, 0.25) is 0 Å². The summed E-state index contributed by atoms with van der Waals surface area (Å²) < 4.78 is 37.6. The van der Waals surface area contributed by atoms with Gasteiger partial charge in [0.15, 0.2) is 0 Å². The van der Waals surface area contributed by atoms with Crippen molar-refractivity contribution in [3.63, 3.8) is 0 Å². The SMILES string of the molecule is Fc1cccc(CON=Cc2ccc(C(F)F)cc2)c1. The van der Waals surface area contributed by atoms with Crippen molar-refractivity contribution in [3.05, 3.63) is 71.0 Å². The standard InChI is InChI=1S/C15H12F3NO/c16-14-3-1-2-12(8-14)10-20-19-9-11-4-6-13(7-5-11)15(17)18/h1-9,15H,10H2. The lowest BCUT2D eigenvalue weighted by Gasteiger charge is -2.01. The highest BCUT2D eigenvalue weighted by Gasteiger charge is 2.04. The fourth-order valence-electron chi connectivity index (χ4n) is 1.56. The Balaban J connectivity index is 1.87. The quantitative estimate of drug-likeness (QED) is 0.590. The summed E-state index contributed by atoms with van der Waals surface area (Å²) in [5, 5.41) is 3.71. The Morgan fingerprint density at radius 3 is 2.50 bits per heavy atom. The maximum absolute atomic E-state index is 12.9. The fraction of sp³-hybridized carbons (Fsp3) is 0.133. The number of nitrogens with zero attached hydrogens (tertiary/aromatic N) is 1. The Morgan fingerprint density at radius 2 is 1.85 bits per heavy atom. The second-order valence-electron chi connectivity index (χ2n) is 4.11. The van der Waals surface area contributed by atoms with Gasteiger partial charge in [0.25, 0.3) is 6.43 Å². The lowest BCUT2D eigenvalue weighted by atomic mass is 10.1. The molecular formula is C15H12F3NO. The van der Waals surface area contributed by atoms with Crippen molar-refractivity contribution in [2.24, 2.45) is 5.16 Å². The average molecular weight is 279 g/mol. The molecule has 0 N–H and O–H groups in total. The number of halogens is 3. The number of hydrogen-bond acceptors (Lipinski definition) is 2. The van der Waals surface area contributed by atoms with Crippen LogP contribution in [-0.2, 0) is 11.4 Å². The first-order valence-electron chi connectivity index (χ1n) is 5.93. The monoisotopic (exact) mass is 279 g/mol. The molecule has 0 fully saturated rings. The van der Waals surface area contributed by atoms with Crippen LogP contribution in [0.5, 0.6) is 0 Å². The van der Waals surface area contributed by atoms with E-state index in [2.05, 4.69) is 5.16 Å². The summed E-state index contributed by atoms with van der Waals surface area (Å²) in [6, 6.07) is 11.7. The topological polar surface area (TPSA) is 21.6 Å². The third-order valence-corrected chi connectivity index (χ3v) is 2.58. The molecule has 0 aliphatic heterocycles. The van der Waals surface area contributed by atoms with Crippen LogP contribution < -0.4 is 0 Å². The van der Waals surface area contributed by atoms with E-state index in [1.807, 2.05) is 0 Å². The highest BCUT2D eigenvalue weighted by Crippen LogP contribution is 2.18. The van der Waals surface area contributed by atoms with E-state index in [-0.39, 0.29) is 18.0 Å². The molecule has 0 saturated carbocycles. The number of oxime groups is 1. The van der Waals surface area contributed by atoms with E-state index in [1.165, 1.54) is 42.6 Å². The molecular weight excluding hydrogens is 267 g/mol. The molecule has 0 bridgehead atoms. The van der Waals surface area contributed by atoms with Crippen LogP contribution in [0.4, 0.5) is 13.2 Å². The van der Waals surface area contributed by atoms with E-state index in [0.29, 0.717) is 11.1 Å². The molecule has 0 spiro atoms. The lowest BCUT2D eigenvalue weighted by molar-refractivity contribution is 0.132.